The molecule has 28 heavy (non-hydrogen) atoms. The molecule has 2 N–H and O–H groups in total. The highest BCUT2D eigenvalue weighted by Crippen LogP contribution is 2.30. The van der Waals surface area contributed by atoms with E-state index < -0.39 is 17.8 Å². The predicted molar refractivity (Wildman–Crippen MR) is 92.9 cm³/mol. The molecule has 2 heterocycles. The molecular formula is C18H21F3N4O3. The van der Waals surface area contributed by atoms with Gasteiger partial charge in [0.1, 0.15) is 0 Å². The van der Waals surface area contributed by atoms with Gasteiger partial charge in [-0.3, -0.25) is 19.3 Å². The van der Waals surface area contributed by atoms with Gasteiger partial charge in [-0.1, -0.05) is 18.2 Å². The SMILES string of the molecule is O=C1CN(C(=O)C[C@H]2C(=O)NCCN2Cc2cccc(C(F)(F)F)c2)CCN1. The molecule has 152 valence electrons. The lowest BCUT2D eigenvalue weighted by atomic mass is 10.0. The number of hydrogen-bond acceptors (Lipinski definition) is 4. The molecule has 0 unspecified atom stereocenters. The van der Waals surface area contributed by atoms with Crippen LogP contribution in [-0.2, 0) is 27.1 Å². The maximum absolute atomic E-state index is 12.9. The fourth-order valence-corrected chi connectivity index (χ4v) is 3.40. The Morgan fingerprint density at radius 1 is 1.14 bits per heavy atom. The lowest BCUT2D eigenvalue weighted by Gasteiger charge is -2.36. The Morgan fingerprint density at radius 2 is 1.89 bits per heavy atom. The molecule has 3 rings (SSSR count). The highest BCUT2D eigenvalue weighted by Gasteiger charge is 2.35. The number of carbonyl (C=O) groups is 3. The fourth-order valence-electron chi connectivity index (χ4n) is 3.40. The fraction of sp³-hybridized carbons (Fsp3) is 0.500. The Morgan fingerprint density at radius 3 is 2.61 bits per heavy atom. The zero-order chi connectivity index (χ0) is 20.3. The van der Waals surface area contributed by atoms with E-state index in [1.807, 2.05) is 0 Å². The molecule has 0 radical (unpaired) electrons. The maximum Gasteiger partial charge on any atom is 0.416 e. The maximum atomic E-state index is 12.9. The second-order valence-electron chi connectivity index (χ2n) is 6.84. The minimum atomic E-state index is -4.44. The molecule has 2 aliphatic rings. The van der Waals surface area contributed by atoms with E-state index in [1.165, 1.54) is 11.0 Å². The Balaban J connectivity index is 1.71. The number of amides is 3. The van der Waals surface area contributed by atoms with Crippen LogP contribution in [0.2, 0.25) is 0 Å². The normalized spacial score (nSPS) is 21.2. The highest BCUT2D eigenvalue weighted by atomic mass is 19.4. The lowest BCUT2D eigenvalue weighted by molar-refractivity contribution is -0.142. The molecule has 0 aliphatic carbocycles. The molecule has 2 aliphatic heterocycles. The van der Waals surface area contributed by atoms with E-state index in [1.54, 1.807) is 11.0 Å². The van der Waals surface area contributed by atoms with Gasteiger partial charge in [0.05, 0.1) is 24.6 Å². The van der Waals surface area contributed by atoms with Gasteiger partial charge in [0.25, 0.3) is 0 Å². The Hall–Kier alpha value is -2.62. The van der Waals surface area contributed by atoms with Gasteiger partial charge in [0.2, 0.25) is 17.7 Å². The van der Waals surface area contributed by atoms with Crippen molar-refractivity contribution < 1.29 is 27.6 Å². The summed E-state index contributed by atoms with van der Waals surface area (Å²) in [6, 6.07) is 4.15. The van der Waals surface area contributed by atoms with Crippen molar-refractivity contribution in [3.05, 3.63) is 35.4 Å². The summed E-state index contributed by atoms with van der Waals surface area (Å²) in [5.41, 5.74) is -0.335. The smallest absolute Gasteiger partial charge is 0.353 e. The third-order valence-corrected chi connectivity index (χ3v) is 4.84. The summed E-state index contributed by atoms with van der Waals surface area (Å²) in [4.78, 5) is 39.4. The zero-order valence-electron chi connectivity index (χ0n) is 15.1. The number of carbonyl (C=O) groups excluding carboxylic acids is 3. The second kappa shape index (κ2) is 8.17. The molecule has 2 saturated heterocycles. The van der Waals surface area contributed by atoms with Gasteiger partial charge in [0.15, 0.2) is 0 Å². The first-order valence-corrected chi connectivity index (χ1v) is 8.96. The van der Waals surface area contributed by atoms with Crippen LogP contribution in [0.1, 0.15) is 17.5 Å². The number of piperazine rings is 2. The van der Waals surface area contributed by atoms with Crippen LogP contribution in [0.25, 0.3) is 0 Å². The number of rotatable bonds is 4. The van der Waals surface area contributed by atoms with E-state index in [2.05, 4.69) is 10.6 Å². The average Bonchev–Trinajstić information content (AvgIpc) is 2.64. The summed E-state index contributed by atoms with van der Waals surface area (Å²) in [5, 5.41) is 5.31. The van der Waals surface area contributed by atoms with E-state index in [0.717, 1.165) is 12.1 Å². The first-order valence-electron chi connectivity index (χ1n) is 8.96. The van der Waals surface area contributed by atoms with Crippen LogP contribution < -0.4 is 10.6 Å². The van der Waals surface area contributed by atoms with Crippen molar-refractivity contribution in [1.29, 1.82) is 0 Å². The van der Waals surface area contributed by atoms with Crippen molar-refractivity contribution in [2.75, 3.05) is 32.7 Å². The molecule has 3 amide bonds. The quantitative estimate of drug-likeness (QED) is 0.767. The molecule has 1 aromatic carbocycles. The van der Waals surface area contributed by atoms with Crippen LogP contribution in [-0.4, -0.2) is 66.3 Å². The number of nitrogens with one attached hydrogen (secondary N) is 2. The third-order valence-electron chi connectivity index (χ3n) is 4.84. The number of hydrogen-bond donors (Lipinski definition) is 2. The van der Waals surface area contributed by atoms with E-state index in [-0.39, 0.29) is 37.2 Å². The average molecular weight is 398 g/mol. The van der Waals surface area contributed by atoms with Gasteiger partial charge in [-0.05, 0) is 11.6 Å². The molecule has 1 aromatic rings. The summed E-state index contributed by atoms with van der Waals surface area (Å²) in [5.74, 6) is -0.924. The monoisotopic (exact) mass is 398 g/mol. The topological polar surface area (TPSA) is 81.8 Å². The van der Waals surface area contributed by atoms with E-state index in [4.69, 9.17) is 0 Å². The van der Waals surface area contributed by atoms with E-state index >= 15 is 0 Å². The van der Waals surface area contributed by atoms with E-state index in [0.29, 0.717) is 31.7 Å². The highest BCUT2D eigenvalue weighted by molar-refractivity contribution is 5.91. The van der Waals surface area contributed by atoms with Gasteiger partial charge in [-0.25, -0.2) is 0 Å². The van der Waals surface area contributed by atoms with Crippen LogP contribution in [0.3, 0.4) is 0 Å². The summed E-state index contributed by atoms with van der Waals surface area (Å²) in [7, 11) is 0. The number of halogens is 3. The first kappa shape index (κ1) is 20.1. The molecule has 2 fully saturated rings. The predicted octanol–water partition coefficient (Wildman–Crippen LogP) is 0.354. The standard InChI is InChI=1S/C18H21F3N4O3/c19-18(20,21)13-3-1-2-12(8-13)10-24-6-5-23-17(28)14(24)9-16(27)25-7-4-22-15(26)11-25/h1-3,8,14H,4-7,9-11H2,(H,22,26)(H,23,28)/t14-/m0/s1. The molecular weight excluding hydrogens is 377 g/mol. The Kier molecular flexibility index (Phi) is 5.87. The largest absolute Gasteiger partial charge is 0.416 e. The van der Waals surface area contributed by atoms with Crippen LogP contribution in [0.15, 0.2) is 24.3 Å². The van der Waals surface area contributed by atoms with Gasteiger partial charge < -0.3 is 15.5 Å². The van der Waals surface area contributed by atoms with Crippen LogP contribution in [0.4, 0.5) is 13.2 Å². The van der Waals surface area contributed by atoms with E-state index in [9.17, 15) is 27.6 Å². The van der Waals surface area contributed by atoms with Gasteiger partial charge in [-0.2, -0.15) is 13.2 Å². The van der Waals surface area contributed by atoms with Gasteiger partial charge >= 0.3 is 6.18 Å². The summed E-state index contributed by atoms with van der Waals surface area (Å²) >= 11 is 0. The third kappa shape index (κ3) is 4.80. The minimum absolute atomic E-state index is 0.0548. The molecule has 0 bridgehead atoms. The van der Waals surface area contributed by atoms with Crippen molar-refractivity contribution >= 4 is 17.7 Å². The molecule has 7 nitrogen and oxygen atoms in total. The summed E-state index contributed by atoms with van der Waals surface area (Å²) < 4.78 is 38.8. The van der Waals surface area contributed by atoms with Crippen molar-refractivity contribution in [3.8, 4) is 0 Å². The molecule has 0 aromatic heterocycles. The van der Waals surface area contributed by atoms with Crippen molar-refractivity contribution in [1.82, 2.24) is 20.4 Å². The zero-order valence-corrected chi connectivity index (χ0v) is 15.1. The van der Waals surface area contributed by atoms with Gasteiger partial charge in [-0.15, -0.1) is 0 Å². The van der Waals surface area contributed by atoms with Gasteiger partial charge in [0, 0.05) is 32.7 Å². The molecule has 10 heteroatoms. The Bertz CT molecular complexity index is 769. The number of alkyl halides is 3. The van der Waals surface area contributed by atoms with Crippen LogP contribution in [0.5, 0.6) is 0 Å². The summed E-state index contributed by atoms with van der Waals surface area (Å²) in [6.45, 7) is 1.56. The second-order valence-corrected chi connectivity index (χ2v) is 6.84. The van der Waals surface area contributed by atoms with Crippen LogP contribution in [0, 0.1) is 0 Å². The molecule has 1 atom stereocenters. The number of nitrogens with zero attached hydrogens (tertiary/aromatic N) is 2. The van der Waals surface area contributed by atoms with Crippen molar-refractivity contribution in [2.24, 2.45) is 0 Å². The molecule has 0 saturated carbocycles. The lowest BCUT2D eigenvalue weighted by Crippen LogP contribution is -2.57. The minimum Gasteiger partial charge on any atom is -0.353 e. The Labute approximate surface area is 159 Å². The molecule has 0 spiro atoms. The van der Waals surface area contributed by atoms with Crippen LogP contribution >= 0.6 is 0 Å². The number of benzene rings is 1. The van der Waals surface area contributed by atoms with Crippen molar-refractivity contribution in [3.63, 3.8) is 0 Å². The summed E-state index contributed by atoms with van der Waals surface area (Å²) in [6.07, 6.45) is -4.57. The first-order chi connectivity index (χ1) is 13.2. The van der Waals surface area contributed by atoms with Crippen molar-refractivity contribution in [2.45, 2.75) is 25.2 Å².